The second-order valence-corrected chi connectivity index (χ2v) is 9.37. The number of carbonyl (C=O) groups is 1. The number of para-hydroxylation sites is 1. The molecular weight excluding hydrogens is 465 g/mol. The zero-order valence-corrected chi connectivity index (χ0v) is 19.6. The van der Waals surface area contributed by atoms with Crippen LogP contribution in [0.1, 0.15) is 24.0 Å². The molecule has 32 heavy (non-hydrogen) atoms. The number of hydrogen-bond donors (Lipinski definition) is 0. The first-order valence-electron chi connectivity index (χ1n) is 10.1. The van der Waals surface area contributed by atoms with Crippen molar-refractivity contribution in [3.8, 4) is 11.8 Å². The largest absolute Gasteiger partial charge is 0.338 e. The SMILES string of the molecule is Cc1ccccc1-n1c(=O)/c(=C\c2ccc(Cl)cc2Cl)s/c1=C(/C#N)C(=O)N1CCCC1. The average molecular weight is 484 g/mol. The van der Waals surface area contributed by atoms with Crippen LogP contribution in [-0.4, -0.2) is 28.5 Å². The second-order valence-electron chi connectivity index (χ2n) is 7.49. The minimum atomic E-state index is -0.343. The minimum absolute atomic E-state index is 0.0286. The lowest BCUT2D eigenvalue weighted by molar-refractivity contribution is -0.123. The summed E-state index contributed by atoms with van der Waals surface area (Å²) in [6.07, 6.45) is 3.49. The van der Waals surface area contributed by atoms with Gasteiger partial charge in [-0.1, -0.05) is 47.5 Å². The van der Waals surface area contributed by atoms with Crippen LogP contribution >= 0.6 is 34.5 Å². The molecule has 8 heteroatoms. The third-order valence-corrected chi connectivity index (χ3v) is 7.02. The van der Waals surface area contributed by atoms with E-state index in [2.05, 4.69) is 6.07 Å². The lowest BCUT2D eigenvalue weighted by Crippen LogP contribution is -2.35. The molecule has 5 nitrogen and oxygen atoms in total. The third-order valence-electron chi connectivity index (χ3n) is 5.36. The fourth-order valence-corrected chi connectivity index (χ4v) is 5.25. The highest BCUT2D eigenvalue weighted by Crippen LogP contribution is 2.21. The monoisotopic (exact) mass is 483 g/mol. The van der Waals surface area contributed by atoms with Gasteiger partial charge in [0.2, 0.25) is 0 Å². The van der Waals surface area contributed by atoms with E-state index in [9.17, 15) is 14.9 Å². The van der Waals surface area contributed by atoms with E-state index >= 15 is 0 Å². The Labute approximate surface area is 199 Å². The number of thiazole rings is 1. The summed E-state index contributed by atoms with van der Waals surface area (Å²) in [7, 11) is 0. The number of likely N-dealkylation sites (tertiary alicyclic amines) is 1. The molecule has 0 saturated carbocycles. The number of amides is 1. The molecule has 1 saturated heterocycles. The Balaban J connectivity index is 2.05. The molecule has 1 fully saturated rings. The van der Waals surface area contributed by atoms with Crippen molar-refractivity contribution in [2.24, 2.45) is 0 Å². The Hall–Kier alpha value is -2.85. The third kappa shape index (κ3) is 4.24. The molecule has 0 atom stereocenters. The molecule has 0 radical (unpaired) electrons. The van der Waals surface area contributed by atoms with Gasteiger partial charge in [-0.2, -0.15) is 5.26 Å². The maximum Gasteiger partial charge on any atom is 0.273 e. The molecule has 1 aliphatic rings. The number of benzene rings is 2. The molecule has 0 unspecified atom stereocenters. The Morgan fingerprint density at radius 2 is 1.88 bits per heavy atom. The minimum Gasteiger partial charge on any atom is -0.338 e. The van der Waals surface area contributed by atoms with E-state index in [0.717, 1.165) is 29.7 Å². The van der Waals surface area contributed by atoms with Crippen LogP contribution in [0.4, 0.5) is 0 Å². The summed E-state index contributed by atoms with van der Waals surface area (Å²) < 4.78 is 2.15. The summed E-state index contributed by atoms with van der Waals surface area (Å²) >= 11 is 13.4. The van der Waals surface area contributed by atoms with Crippen molar-refractivity contribution in [2.45, 2.75) is 19.8 Å². The van der Waals surface area contributed by atoms with Gasteiger partial charge in [0.15, 0.2) is 5.57 Å². The zero-order valence-electron chi connectivity index (χ0n) is 17.3. The van der Waals surface area contributed by atoms with Crippen molar-refractivity contribution in [2.75, 3.05) is 13.1 Å². The Kier molecular flexibility index (Phi) is 6.52. The highest BCUT2D eigenvalue weighted by Gasteiger charge is 2.24. The molecule has 2 aromatic carbocycles. The van der Waals surface area contributed by atoms with Gasteiger partial charge in [0.05, 0.1) is 10.2 Å². The van der Waals surface area contributed by atoms with Crippen LogP contribution in [0.3, 0.4) is 0 Å². The standard InChI is InChI=1S/C24H19Cl2N3O2S/c1-15-6-2-3-7-20(15)29-23(31)21(12-16-8-9-17(25)13-19(16)26)32-24(29)18(14-27)22(30)28-10-4-5-11-28/h2-3,6-9,12-13H,4-5,10-11H2,1H3/b21-12+,24-18-. The van der Waals surface area contributed by atoms with Crippen molar-refractivity contribution in [1.29, 1.82) is 5.26 Å². The first-order chi connectivity index (χ1) is 15.4. The van der Waals surface area contributed by atoms with Crippen LogP contribution in [0.25, 0.3) is 17.3 Å². The Bertz CT molecular complexity index is 1430. The van der Waals surface area contributed by atoms with Gasteiger partial charge in [-0.3, -0.25) is 14.2 Å². The van der Waals surface area contributed by atoms with E-state index < -0.39 is 0 Å². The summed E-state index contributed by atoms with van der Waals surface area (Å²) in [5, 5.41) is 10.8. The Morgan fingerprint density at radius 3 is 2.53 bits per heavy atom. The van der Waals surface area contributed by atoms with Crippen LogP contribution in [0.15, 0.2) is 47.3 Å². The van der Waals surface area contributed by atoms with E-state index in [4.69, 9.17) is 23.2 Å². The number of nitriles is 1. The highest BCUT2D eigenvalue weighted by atomic mass is 35.5. The van der Waals surface area contributed by atoms with Gasteiger partial charge in [0, 0.05) is 23.1 Å². The van der Waals surface area contributed by atoms with Gasteiger partial charge in [-0.25, -0.2) is 0 Å². The summed E-state index contributed by atoms with van der Waals surface area (Å²) in [6, 6.07) is 14.5. The fourth-order valence-electron chi connectivity index (χ4n) is 3.71. The molecule has 3 aromatic rings. The van der Waals surface area contributed by atoms with Crippen LogP contribution in [0, 0.1) is 18.3 Å². The lowest BCUT2D eigenvalue weighted by atomic mass is 10.2. The van der Waals surface area contributed by atoms with Gasteiger partial charge >= 0.3 is 0 Å². The number of aryl methyl sites for hydroxylation is 1. The van der Waals surface area contributed by atoms with Crippen LogP contribution in [0.5, 0.6) is 0 Å². The maximum absolute atomic E-state index is 13.5. The van der Waals surface area contributed by atoms with Crippen molar-refractivity contribution < 1.29 is 4.79 Å². The molecule has 0 N–H and O–H groups in total. The quantitative estimate of drug-likeness (QED) is 0.570. The predicted octanol–water partition coefficient (Wildman–Crippen LogP) is 3.64. The number of nitrogens with zero attached hydrogens (tertiary/aromatic N) is 3. The fraction of sp³-hybridized carbons (Fsp3) is 0.208. The normalized spacial score (nSPS) is 15.1. The maximum atomic E-state index is 13.5. The molecule has 0 spiro atoms. The summed E-state index contributed by atoms with van der Waals surface area (Å²) in [5.41, 5.74) is 1.77. The Morgan fingerprint density at radius 1 is 1.16 bits per heavy atom. The van der Waals surface area contributed by atoms with Crippen molar-refractivity contribution in [1.82, 2.24) is 9.47 Å². The van der Waals surface area contributed by atoms with Gasteiger partial charge in [0.1, 0.15) is 10.7 Å². The van der Waals surface area contributed by atoms with Gasteiger partial charge < -0.3 is 4.90 Å². The van der Waals surface area contributed by atoms with Crippen molar-refractivity contribution in [3.05, 3.63) is 83.2 Å². The first-order valence-corrected chi connectivity index (χ1v) is 11.7. The molecule has 4 rings (SSSR count). The average Bonchev–Trinajstić information content (AvgIpc) is 3.40. The van der Waals surface area contributed by atoms with Gasteiger partial charge in [-0.15, -0.1) is 11.3 Å². The van der Waals surface area contributed by atoms with Crippen molar-refractivity contribution >= 4 is 52.1 Å². The zero-order chi connectivity index (χ0) is 22.8. The highest BCUT2D eigenvalue weighted by molar-refractivity contribution is 7.07. The van der Waals surface area contributed by atoms with Crippen LogP contribution in [-0.2, 0) is 4.79 Å². The number of hydrogen-bond acceptors (Lipinski definition) is 4. The summed E-state index contributed by atoms with van der Waals surface area (Å²) in [4.78, 5) is 28.3. The van der Waals surface area contributed by atoms with Gasteiger partial charge in [0.25, 0.3) is 11.5 Å². The summed E-state index contributed by atoms with van der Waals surface area (Å²) in [6.45, 7) is 3.11. The van der Waals surface area contributed by atoms with E-state index in [1.54, 1.807) is 35.2 Å². The molecule has 1 aromatic heterocycles. The number of aromatic nitrogens is 1. The van der Waals surface area contributed by atoms with Gasteiger partial charge in [-0.05, 0) is 55.2 Å². The second kappa shape index (κ2) is 9.33. The molecule has 1 aliphatic heterocycles. The lowest BCUT2D eigenvalue weighted by Gasteiger charge is -2.14. The van der Waals surface area contributed by atoms with Crippen molar-refractivity contribution in [3.63, 3.8) is 0 Å². The summed E-state index contributed by atoms with van der Waals surface area (Å²) in [5.74, 6) is -0.343. The van der Waals surface area contributed by atoms with Crippen LogP contribution < -0.4 is 14.8 Å². The first kappa shape index (κ1) is 22.3. The molecule has 0 aliphatic carbocycles. The van der Waals surface area contributed by atoms with E-state index in [0.29, 0.717) is 43.6 Å². The van der Waals surface area contributed by atoms with Crippen LogP contribution in [0.2, 0.25) is 10.0 Å². The molecule has 162 valence electrons. The predicted molar refractivity (Wildman–Crippen MR) is 129 cm³/mol. The molecular formula is C24H19Cl2N3O2S. The smallest absolute Gasteiger partial charge is 0.273 e. The number of halogens is 2. The topological polar surface area (TPSA) is 66.1 Å². The molecule has 0 bridgehead atoms. The number of carbonyl (C=O) groups excluding carboxylic acids is 1. The molecule has 2 heterocycles. The number of rotatable bonds is 3. The molecule has 1 amide bonds. The van der Waals surface area contributed by atoms with E-state index in [-0.39, 0.29) is 17.0 Å². The van der Waals surface area contributed by atoms with E-state index in [1.165, 1.54) is 4.57 Å². The van der Waals surface area contributed by atoms with E-state index in [1.807, 2.05) is 25.1 Å².